The molecule has 0 aromatic carbocycles. The van der Waals surface area contributed by atoms with Crippen LogP contribution >= 0.6 is 0 Å². The Kier molecular flexibility index (Phi) is 6.41. The average molecular weight is 242 g/mol. The van der Waals surface area contributed by atoms with E-state index in [1.807, 2.05) is 0 Å². The van der Waals surface area contributed by atoms with Gasteiger partial charge in [-0.1, -0.05) is 0 Å². The Hall–Kier alpha value is -0.160. The van der Waals surface area contributed by atoms with Crippen LogP contribution in [-0.2, 0) is 0 Å². The summed E-state index contributed by atoms with van der Waals surface area (Å²) in [6.07, 6.45) is 0. The molecule has 0 saturated carbocycles. The Morgan fingerprint density at radius 3 is 1.41 bits per heavy atom. The molecule has 0 spiro atoms. The molecule has 2 aliphatic heterocycles. The summed E-state index contributed by atoms with van der Waals surface area (Å²) in [5.74, 6) is 0. The van der Waals surface area contributed by atoms with Crippen LogP contribution in [-0.4, -0.2) is 99.6 Å². The summed E-state index contributed by atoms with van der Waals surface area (Å²) in [6, 6.07) is 0.740. The monoisotopic (exact) mass is 242 g/mol. The normalized spacial score (nSPS) is 29.8. The van der Waals surface area contributed by atoms with Gasteiger partial charge in [0.2, 0.25) is 0 Å². The molecule has 4 nitrogen and oxygen atoms in total. The summed E-state index contributed by atoms with van der Waals surface area (Å²) in [5, 5.41) is 0. The molecule has 0 aliphatic carbocycles. The van der Waals surface area contributed by atoms with Crippen molar-refractivity contribution < 1.29 is 0 Å². The number of rotatable bonds is 0. The smallest absolute Gasteiger partial charge is 0.0192 e. The molecule has 1 atom stereocenters. The molecule has 0 unspecified atom stereocenters. The van der Waals surface area contributed by atoms with Crippen molar-refractivity contribution in [1.82, 2.24) is 19.6 Å². The number of hydrogen-bond donors (Lipinski definition) is 0. The molecule has 0 aromatic heterocycles. The zero-order chi connectivity index (χ0) is 12.8. The van der Waals surface area contributed by atoms with E-state index in [9.17, 15) is 0 Å². The number of hydrogen-bond acceptors (Lipinski definition) is 4. The van der Waals surface area contributed by atoms with Crippen LogP contribution in [0.15, 0.2) is 0 Å². The summed E-state index contributed by atoms with van der Waals surface area (Å²) >= 11 is 0. The zero-order valence-electron chi connectivity index (χ0n) is 12.3. The van der Waals surface area contributed by atoms with Gasteiger partial charge in [0, 0.05) is 51.9 Å². The summed E-state index contributed by atoms with van der Waals surface area (Å²) in [7, 11) is 8.72. The molecule has 0 aromatic rings. The standard InChI is InChI=1S/C7H16N2.C6H14N2/c1-7-6-8(2)4-5-9(7)3;1-7-3-5-8(2)6-4-7/h7H,4-6H2,1-3H3;3-6H2,1-2H3/t7-;/m0./s1. The SMILES string of the molecule is CN1CCN(C)CC1.C[C@H]1CN(C)CCN1C. The van der Waals surface area contributed by atoms with Crippen molar-refractivity contribution >= 4 is 0 Å². The fourth-order valence-electron chi connectivity index (χ4n) is 2.14. The quantitative estimate of drug-likeness (QED) is 0.598. The van der Waals surface area contributed by atoms with Crippen LogP contribution < -0.4 is 0 Å². The van der Waals surface area contributed by atoms with Gasteiger partial charge in [-0.3, -0.25) is 0 Å². The van der Waals surface area contributed by atoms with Crippen LogP contribution in [0.3, 0.4) is 0 Å². The highest BCUT2D eigenvalue weighted by atomic mass is 15.3. The van der Waals surface area contributed by atoms with E-state index in [0.29, 0.717) is 0 Å². The van der Waals surface area contributed by atoms with Crippen LogP contribution in [0.5, 0.6) is 0 Å². The minimum absolute atomic E-state index is 0.740. The van der Waals surface area contributed by atoms with E-state index in [1.54, 1.807) is 0 Å². The molecule has 2 fully saturated rings. The molecule has 2 aliphatic rings. The first-order chi connectivity index (χ1) is 7.99. The van der Waals surface area contributed by atoms with E-state index >= 15 is 0 Å². The molecule has 102 valence electrons. The van der Waals surface area contributed by atoms with Crippen LogP contribution in [0.2, 0.25) is 0 Å². The van der Waals surface area contributed by atoms with Crippen molar-refractivity contribution in [3.63, 3.8) is 0 Å². The number of nitrogens with zero attached hydrogens (tertiary/aromatic N) is 4. The maximum Gasteiger partial charge on any atom is 0.0192 e. The molecule has 0 radical (unpaired) electrons. The summed E-state index contributed by atoms with van der Waals surface area (Å²) in [6.45, 7) is 10.9. The van der Waals surface area contributed by atoms with Crippen LogP contribution in [0.4, 0.5) is 0 Å². The van der Waals surface area contributed by atoms with Crippen molar-refractivity contribution in [3.05, 3.63) is 0 Å². The van der Waals surface area contributed by atoms with E-state index < -0.39 is 0 Å². The van der Waals surface area contributed by atoms with Crippen LogP contribution in [0.1, 0.15) is 6.92 Å². The molecule has 17 heavy (non-hydrogen) atoms. The first kappa shape index (κ1) is 14.9. The molecule has 2 rings (SSSR count). The van der Waals surface area contributed by atoms with Gasteiger partial charge in [0.15, 0.2) is 0 Å². The molecule has 0 N–H and O–H groups in total. The maximum absolute atomic E-state index is 2.40. The van der Waals surface area contributed by atoms with E-state index in [4.69, 9.17) is 0 Å². The number of likely N-dealkylation sites (N-methyl/N-ethyl adjacent to an activating group) is 4. The average Bonchev–Trinajstić information content (AvgIpc) is 2.29. The molecular formula is C13H30N4. The van der Waals surface area contributed by atoms with Crippen molar-refractivity contribution in [2.75, 3.05) is 74.0 Å². The molecule has 2 saturated heterocycles. The third kappa shape index (κ3) is 5.82. The van der Waals surface area contributed by atoms with E-state index in [1.165, 1.54) is 45.8 Å². The highest BCUT2D eigenvalue weighted by molar-refractivity contribution is 4.73. The van der Waals surface area contributed by atoms with E-state index in [2.05, 4.69) is 54.7 Å². The highest BCUT2D eigenvalue weighted by Crippen LogP contribution is 2.03. The Morgan fingerprint density at radius 2 is 1.06 bits per heavy atom. The van der Waals surface area contributed by atoms with Gasteiger partial charge in [-0.05, 0) is 35.1 Å². The Bertz CT molecular complexity index is 192. The topological polar surface area (TPSA) is 13.0 Å². The van der Waals surface area contributed by atoms with E-state index in [-0.39, 0.29) is 0 Å². The van der Waals surface area contributed by atoms with Gasteiger partial charge in [-0.15, -0.1) is 0 Å². The van der Waals surface area contributed by atoms with Gasteiger partial charge in [0.25, 0.3) is 0 Å². The molecule has 4 heteroatoms. The fourth-order valence-corrected chi connectivity index (χ4v) is 2.14. The van der Waals surface area contributed by atoms with Crippen molar-refractivity contribution in [2.24, 2.45) is 0 Å². The Morgan fingerprint density at radius 1 is 0.647 bits per heavy atom. The highest BCUT2D eigenvalue weighted by Gasteiger charge is 2.16. The van der Waals surface area contributed by atoms with E-state index in [0.717, 1.165) is 6.04 Å². The summed E-state index contributed by atoms with van der Waals surface area (Å²) < 4.78 is 0. The van der Waals surface area contributed by atoms with Gasteiger partial charge < -0.3 is 19.6 Å². The van der Waals surface area contributed by atoms with Gasteiger partial charge in [-0.25, -0.2) is 0 Å². The summed E-state index contributed by atoms with van der Waals surface area (Å²) in [5.41, 5.74) is 0. The van der Waals surface area contributed by atoms with Gasteiger partial charge in [-0.2, -0.15) is 0 Å². The Balaban J connectivity index is 0.000000171. The third-order valence-corrected chi connectivity index (χ3v) is 3.89. The molecule has 0 bridgehead atoms. The van der Waals surface area contributed by atoms with Gasteiger partial charge in [0.05, 0.1) is 0 Å². The third-order valence-electron chi connectivity index (χ3n) is 3.89. The van der Waals surface area contributed by atoms with Crippen molar-refractivity contribution in [2.45, 2.75) is 13.0 Å². The lowest BCUT2D eigenvalue weighted by Gasteiger charge is -2.35. The first-order valence-electron chi connectivity index (χ1n) is 6.75. The van der Waals surface area contributed by atoms with Crippen LogP contribution in [0.25, 0.3) is 0 Å². The minimum Gasteiger partial charge on any atom is -0.304 e. The lowest BCUT2D eigenvalue weighted by Crippen LogP contribution is -2.48. The molecule has 0 amide bonds. The predicted octanol–water partition coefficient (Wildman–Crippen LogP) is 0.116. The number of piperazine rings is 2. The van der Waals surface area contributed by atoms with Crippen molar-refractivity contribution in [1.29, 1.82) is 0 Å². The minimum atomic E-state index is 0.740. The maximum atomic E-state index is 2.40. The second-order valence-electron chi connectivity index (χ2n) is 5.70. The largest absolute Gasteiger partial charge is 0.304 e. The fraction of sp³-hybridized carbons (Fsp3) is 1.00. The second kappa shape index (κ2) is 7.31. The Labute approximate surface area is 107 Å². The molecule has 2 heterocycles. The van der Waals surface area contributed by atoms with Crippen LogP contribution in [0, 0.1) is 0 Å². The van der Waals surface area contributed by atoms with Gasteiger partial charge in [0.1, 0.15) is 0 Å². The lowest BCUT2D eigenvalue weighted by atomic mass is 10.2. The lowest BCUT2D eigenvalue weighted by molar-refractivity contribution is 0.125. The predicted molar refractivity (Wildman–Crippen MR) is 74.6 cm³/mol. The molecular weight excluding hydrogens is 212 g/mol. The second-order valence-corrected chi connectivity index (χ2v) is 5.70. The zero-order valence-corrected chi connectivity index (χ0v) is 12.3. The summed E-state index contributed by atoms with van der Waals surface area (Å²) in [4.78, 5) is 9.50. The van der Waals surface area contributed by atoms with Crippen molar-refractivity contribution in [3.8, 4) is 0 Å². The van der Waals surface area contributed by atoms with Gasteiger partial charge >= 0.3 is 0 Å². The first-order valence-corrected chi connectivity index (χ1v) is 6.75.